The third-order valence-corrected chi connectivity index (χ3v) is 3.09. The van der Waals surface area contributed by atoms with Gasteiger partial charge in [-0.3, -0.25) is 9.36 Å². The van der Waals surface area contributed by atoms with Crippen molar-refractivity contribution in [1.29, 1.82) is 0 Å². The summed E-state index contributed by atoms with van der Waals surface area (Å²) in [6, 6.07) is 3.57. The minimum atomic E-state index is -0.873. The van der Waals surface area contributed by atoms with E-state index in [4.69, 9.17) is 9.84 Å². The van der Waals surface area contributed by atoms with Gasteiger partial charge in [0.1, 0.15) is 0 Å². The number of carbonyl (C=O) groups is 1. The van der Waals surface area contributed by atoms with Crippen LogP contribution in [0.15, 0.2) is 35.9 Å². The predicted octanol–water partition coefficient (Wildman–Crippen LogP) is 1.45. The Bertz CT molecular complexity index is 539. The maximum absolute atomic E-state index is 10.5. The van der Waals surface area contributed by atoms with Gasteiger partial charge in [0.05, 0.1) is 24.7 Å². The fourth-order valence-electron chi connectivity index (χ4n) is 1.36. The molecule has 0 saturated heterocycles. The molecule has 7 heteroatoms. The average molecular weight is 265 g/mol. The predicted molar refractivity (Wildman–Crippen MR) is 66.3 cm³/mol. The summed E-state index contributed by atoms with van der Waals surface area (Å²) in [6.45, 7) is 0. The van der Waals surface area contributed by atoms with Crippen LogP contribution < -0.4 is 4.74 Å². The van der Waals surface area contributed by atoms with Gasteiger partial charge < -0.3 is 9.84 Å². The molecule has 2 rings (SSSR count). The highest BCUT2D eigenvalue weighted by molar-refractivity contribution is 7.99. The molecule has 0 aliphatic carbocycles. The van der Waals surface area contributed by atoms with Crippen molar-refractivity contribution in [2.75, 3.05) is 12.9 Å². The van der Waals surface area contributed by atoms with Crippen LogP contribution in [0.1, 0.15) is 0 Å². The van der Waals surface area contributed by atoms with E-state index in [1.54, 1.807) is 36.3 Å². The van der Waals surface area contributed by atoms with Gasteiger partial charge in [0, 0.05) is 18.5 Å². The van der Waals surface area contributed by atoms with Crippen LogP contribution in [0, 0.1) is 0 Å². The van der Waals surface area contributed by atoms with Crippen molar-refractivity contribution in [2.24, 2.45) is 0 Å². The van der Waals surface area contributed by atoms with Crippen LogP contribution in [-0.2, 0) is 4.79 Å². The lowest BCUT2D eigenvalue weighted by molar-refractivity contribution is -0.133. The number of aliphatic carboxylic acids is 1. The lowest BCUT2D eigenvalue weighted by Crippen LogP contribution is -2.01. The lowest BCUT2D eigenvalue weighted by Gasteiger charge is -2.06. The van der Waals surface area contributed by atoms with Gasteiger partial charge in [-0.25, -0.2) is 9.97 Å². The molecule has 0 unspecified atom stereocenters. The largest absolute Gasteiger partial charge is 0.481 e. The molecular formula is C11H11N3O3S. The first-order valence-electron chi connectivity index (χ1n) is 5.09. The molecule has 0 radical (unpaired) electrons. The maximum Gasteiger partial charge on any atom is 0.313 e. The highest BCUT2D eigenvalue weighted by Gasteiger charge is 2.08. The number of hydrogen-bond acceptors (Lipinski definition) is 5. The van der Waals surface area contributed by atoms with Crippen LogP contribution in [0.4, 0.5) is 0 Å². The van der Waals surface area contributed by atoms with Crippen LogP contribution in [0.3, 0.4) is 0 Å². The summed E-state index contributed by atoms with van der Waals surface area (Å²) in [7, 11) is 1.55. The molecule has 0 bridgehead atoms. The van der Waals surface area contributed by atoms with Gasteiger partial charge in [0.2, 0.25) is 5.88 Å². The van der Waals surface area contributed by atoms with E-state index in [1.165, 1.54) is 0 Å². The number of rotatable bonds is 5. The van der Waals surface area contributed by atoms with Crippen LogP contribution in [0.2, 0.25) is 0 Å². The van der Waals surface area contributed by atoms with Crippen LogP contribution >= 0.6 is 11.8 Å². The van der Waals surface area contributed by atoms with Crippen molar-refractivity contribution < 1.29 is 14.6 Å². The molecule has 1 N–H and O–H groups in total. The minimum Gasteiger partial charge on any atom is -0.481 e. The van der Waals surface area contributed by atoms with E-state index in [-0.39, 0.29) is 5.75 Å². The van der Waals surface area contributed by atoms with Crippen molar-refractivity contribution in [1.82, 2.24) is 14.5 Å². The Kier molecular flexibility index (Phi) is 3.83. The quantitative estimate of drug-likeness (QED) is 0.824. The van der Waals surface area contributed by atoms with E-state index < -0.39 is 5.97 Å². The van der Waals surface area contributed by atoms with Gasteiger partial charge in [-0.05, 0) is 6.07 Å². The molecule has 0 amide bonds. The molecule has 2 heterocycles. The number of nitrogens with zero attached hydrogens (tertiary/aromatic N) is 3. The summed E-state index contributed by atoms with van der Waals surface area (Å²) in [5.74, 6) is -0.373. The van der Waals surface area contributed by atoms with Gasteiger partial charge >= 0.3 is 5.97 Å². The number of carboxylic acid groups (broad SMARTS) is 1. The van der Waals surface area contributed by atoms with Gasteiger partial charge in [-0.15, -0.1) is 0 Å². The molecule has 18 heavy (non-hydrogen) atoms. The normalized spacial score (nSPS) is 10.3. The highest BCUT2D eigenvalue weighted by Crippen LogP contribution is 2.20. The molecular weight excluding hydrogens is 254 g/mol. The number of hydrogen-bond donors (Lipinski definition) is 1. The molecule has 2 aromatic rings. The highest BCUT2D eigenvalue weighted by atomic mass is 32.2. The van der Waals surface area contributed by atoms with Gasteiger partial charge in [0.15, 0.2) is 5.16 Å². The second-order valence-electron chi connectivity index (χ2n) is 3.32. The molecule has 2 aromatic heterocycles. The summed E-state index contributed by atoms with van der Waals surface area (Å²) in [6.07, 6.45) is 5.02. The molecule has 0 spiro atoms. The Morgan fingerprint density at radius 1 is 1.50 bits per heavy atom. The number of pyridine rings is 1. The van der Waals surface area contributed by atoms with Crippen molar-refractivity contribution in [3.05, 3.63) is 30.7 Å². The average Bonchev–Trinajstić information content (AvgIpc) is 2.85. The van der Waals surface area contributed by atoms with Crippen LogP contribution in [-0.4, -0.2) is 38.5 Å². The molecule has 0 fully saturated rings. The van der Waals surface area contributed by atoms with Gasteiger partial charge in [-0.2, -0.15) is 0 Å². The summed E-state index contributed by atoms with van der Waals surface area (Å²) in [4.78, 5) is 18.7. The summed E-state index contributed by atoms with van der Waals surface area (Å²) < 4.78 is 6.75. The molecule has 0 aromatic carbocycles. The standard InChI is InChI=1S/C11H11N3O3S/c1-17-9-3-2-8(6-13-9)14-5-4-12-11(14)18-7-10(15)16/h2-6H,7H2,1H3,(H,15,16). The topological polar surface area (TPSA) is 77.2 Å². The van der Waals surface area contributed by atoms with E-state index in [9.17, 15) is 4.79 Å². The Labute approximate surface area is 108 Å². The van der Waals surface area contributed by atoms with Crippen molar-refractivity contribution in [3.63, 3.8) is 0 Å². The second-order valence-corrected chi connectivity index (χ2v) is 4.26. The second kappa shape index (κ2) is 5.54. The third-order valence-electron chi connectivity index (χ3n) is 2.14. The Morgan fingerprint density at radius 3 is 2.94 bits per heavy atom. The van der Waals surface area contributed by atoms with Crippen molar-refractivity contribution >= 4 is 17.7 Å². The molecule has 6 nitrogen and oxygen atoms in total. The summed E-state index contributed by atoms with van der Waals surface area (Å²) in [5, 5.41) is 9.27. The monoisotopic (exact) mass is 265 g/mol. The minimum absolute atomic E-state index is 0.0272. The molecule has 0 aliphatic heterocycles. The zero-order chi connectivity index (χ0) is 13.0. The number of imidazole rings is 1. The number of carboxylic acids is 1. The summed E-state index contributed by atoms with van der Waals surface area (Å²) in [5.41, 5.74) is 0.807. The summed E-state index contributed by atoms with van der Waals surface area (Å²) >= 11 is 1.16. The smallest absolute Gasteiger partial charge is 0.313 e. The van der Waals surface area contributed by atoms with Crippen LogP contribution in [0.5, 0.6) is 5.88 Å². The van der Waals surface area contributed by atoms with E-state index >= 15 is 0 Å². The Hall–Kier alpha value is -2.02. The number of ether oxygens (including phenoxy) is 1. The zero-order valence-corrected chi connectivity index (χ0v) is 10.4. The van der Waals surface area contributed by atoms with E-state index in [1.807, 2.05) is 6.07 Å². The van der Waals surface area contributed by atoms with Crippen molar-refractivity contribution in [3.8, 4) is 11.6 Å². The number of aromatic nitrogens is 3. The fraction of sp³-hybridized carbons (Fsp3) is 0.182. The Balaban J connectivity index is 2.21. The molecule has 0 saturated carbocycles. The molecule has 94 valence electrons. The fourth-order valence-corrected chi connectivity index (χ4v) is 2.05. The molecule has 0 aliphatic rings. The van der Waals surface area contributed by atoms with Crippen molar-refractivity contribution in [2.45, 2.75) is 5.16 Å². The first kappa shape index (κ1) is 12.4. The Morgan fingerprint density at radius 2 is 2.33 bits per heavy atom. The van der Waals surface area contributed by atoms with Crippen LogP contribution in [0.25, 0.3) is 5.69 Å². The zero-order valence-electron chi connectivity index (χ0n) is 9.61. The molecule has 0 atom stereocenters. The van der Waals surface area contributed by atoms with E-state index in [0.29, 0.717) is 11.0 Å². The SMILES string of the molecule is COc1ccc(-n2ccnc2SCC(=O)O)cn1. The maximum atomic E-state index is 10.5. The first-order valence-corrected chi connectivity index (χ1v) is 6.07. The van der Waals surface area contributed by atoms with Gasteiger partial charge in [-0.1, -0.05) is 11.8 Å². The number of thioether (sulfide) groups is 1. The third kappa shape index (κ3) is 2.80. The van der Waals surface area contributed by atoms with Gasteiger partial charge in [0.25, 0.3) is 0 Å². The van der Waals surface area contributed by atoms with E-state index in [2.05, 4.69) is 9.97 Å². The lowest BCUT2D eigenvalue weighted by atomic mass is 10.4. The first-order chi connectivity index (χ1) is 8.70. The number of methoxy groups -OCH3 is 1. The van der Waals surface area contributed by atoms with E-state index in [0.717, 1.165) is 17.4 Å².